The first kappa shape index (κ1) is 18.1. The Hall–Kier alpha value is -0.980. The van der Waals surface area contributed by atoms with Gasteiger partial charge in [0.2, 0.25) is 0 Å². The summed E-state index contributed by atoms with van der Waals surface area (Å²) in [4.78, 5) is 0. The van der Waals surface area contributed by atoms with Crippen molar-refractivity contribution in [3.05, 3.63) is 35.9 Å². The standard InChI is InChI=1S/C16H28N2O3/c1-4-20-14(21-5-2)11-18-16(15(17)12(3)19)13-9-7-6-8-10-13/h6-10,12,14-16,18-19H,4-5,11,17H2,1-3H3. The zero-order valence-corrected chi connectivity index (χ0v) is 13.2. The summed E-state index contributed by atoms with van der Waals surface area (Å²) in [6, 6.07) is 9.30. The van der Waals surface area contributed by atoms with E-state index in [1.807, 2.05) is 44.2 Å². The second-order valence-electron chi connectivity index (χ2n) is 4.95. The Labute approximate surface area is 127 Å². The molecule has 1 rings (SSSR count). The van der Waals surface area contributed by atoms with E-state index >= 15 is 0 Å². The Balaban J connectivity index is 2.73. The second kappa shape index (κ2) is 9.87. The predicted molar refractivity (Wildman–Crippen MR) is 83.9 cm³/mol. The summed E-state index contributed by atoms with van der Waals surface area (Å²) < 4.78 is 11.0. The van der Waals surface area contributed by atoms with Gasteiger partial charge in [0.1, 0.15) is 0 Å². The molecule has 0 bridgehead atoms. The molecule has 0 radical (unpaired) electrons. The van der Waals surface area contributed by atoms with Gasteiger partial charge in [0.15, 0.2) is 6.29 Å². The van der Waals surface area contributed by atoms with Crippen molar-refractivity contribution in [1.82, 2.24) is 5.32 Å². The van der Waals surface area contributed by atoms with Crippen LogP contribution in [0.5, 0.6) is 0 Å². The second-order valence-corrected chi connectivity index (χ2v) is 4.95. The molecule has 0 saturated heterocycles. The first-order valence-corrected chi connectivity index (χ1v) is 7.55. The van der Waals surface area contributed by atoms with Gasteiger partial charge in [0.05, 0.1) is 12.1 Å². The molecular formula is C16H28N2O3. The van der Waals surface area contributed by atoms with E-state index in [4.69, 9.17) is 15.2 Å². The first-order valence-electron chi connectivity index (χ1n) is 7.55. The largest absolute Gasteiger partial charge is 0.392 e. The first-order chi connectivity index (χ1) is 10.1. The van der Waals surface area contributed by atoms with Gasteiger partial charge in [-0.1, -0.05) is 30.3 Å². The lowest BCUT2D eigenvalue weighted by molar-refractivity contribution is -0.134. The Morgan fingerprint density at radius 1 is 1.14 bits per heavy atom. The molecule has 120 valence electrons. The zero-order valence-electron chi connectivity index (χ0n) is 13.2. The summed E-state index contributed by atoms with van der Waals surface area (Å²) in [5.74, 6) is 0. The van der Waals surface area contributed by atoms with Crippen molar-refractivity contribution in [2.24, 2.45) is 5.73 Å². The molecule has 5 heteroatoms. The van der Waals surface area contributed by atoms with Gasteiger partial charge in [-0.25, -0.2) is 0 Å². The van der Waals surface area contributed by atoms with Crippen LogP contribution in [0.15, 0.2) is 30.3 Å². The number of nitrogens with two attached hydrogens (primary N) is 1. The summed E-state index contributed by atoms with van der Waals surface area (Å²) >= 11 is 0. The summed E-state index contributed by atoms with van der Waals surface area (Å²) in [6.07, 6.45) is -0.923. The van der Waals surface area contributed by atoms with Crippen LogP contribution in [0.4, 0.5) is 0 Å². The third-order valence-electron chi connectivity index (χ3n) is 3.31. The molecule has 0 aliphatic carbocycles. The van der Waals surface area contributed by atoms with E-state index in [0.717, 1.165) is 5.56 Å². The van der Waals surface area contributed by atoms with E-state index in [1.54, 1.807) is 6.92 Å². The van der Waals surface area contributed by atoms with Gasteiger partial charge in [-0.15, -0.1) is 0 Å². The maximum absolute atomic E-state index is 9.80. The summed E-state index contributed by atoms with van der Waals surface area (Å²) in [7, 11) is 0. The lowest BCUT2D eigenvalue weighted by Gasteiger charge is -2.29. The Morgan fingerprint density at radius 3 is 2.19 bits per heavy atom. The van der Waals surface area contributed by atoms with Crippen molar-refractivity contribution in [1.29, 1.82) is 0 Å². The van der Waals surface area contributed by atoms with Crippen molar-refractivity contribution < 1.29 is 14.6 Å². The van der Waals surface area contributed by atoms with Crippen LogP contribution in [0.25, 0.3) is 0 Å². The number of nitrogens with one attached hydrogen (secondary N) is 1. The molecule has 4 N–H and O–H groups in total. The lowest BCUT2D eigenvalue weighted by Crippen LogP contribution is -2.47. The summed E-state index contributed by atoms with van der Waals surface area (Å²) in [5, 5.41) is 13.1. The van der Waals surface area contributed by atoms with E-state index < -0.39 is 12.1 Å². The predicted octanol–water partition coefficient (Wildman–Crippen LogP) is 1.42. The summed E-state index contributed by atoms with van der Waals surface area (Å²) in [6.45, 7) is 7.26. The Bertz CT molecular complexity index is 367. The average Bonchev–Trinajstić information content (AvgIpc) is 2.48. The number of ether oxygens (including phenoxy) is 2. The molecular weight excluding hydrogens is 268 g/mol. The molecule has 0 heterocycles. The van der Waals surface area contributed by atoms with Gasteiger partial charge >= 0.3 is 0 Å². The molecule has 3 atom stereocenters. The summed E-state index contributed by atoms with van der Waals surface area (Å²) in [5.41, 5.74) is 7.17. The molecule has 21 heavy (non-hydrogen) atoms. The van der Waals surface area contributed by atoms with Gasteiger partial charge in [0.25, 0.3) is 0 Å². The SMILES string of the molecule is CCOC(CNC(c1ccccc1)C(N)C(C)O)OCC. The van der Waals surface area contributed by atoms with Crippen LogP contribution in [0.3, 0.4) is 0 Å². The highest BCUT2D eigenvalue weighted by atomic mass is 16.7. The van der Waals surface area contributed by atoms with E-state index in [1.165, 1.54) is 0 Å². The Kier molecular flexibility index (Phi) is 8.49. The zero-order chi connectivity index (χ0) is 15.7. The molecule has 1 aromatic rings. The third-order valence-corrected chi connectivity index (χ3v) is 3.31. The number of hydrogen-bond acceptors (Lipinski definition) is 5. The highest BCUT2D eigenvalue weighted by Crippen LogP contribution is 2.18. The van der Waals surface area contributed by atoms with Crippen molar-refractivity contribution in [3.8, 4) is 0 Å². The van der Waals surface area contributed by atoms with E-state index in [9.17, 15) is 5.11 Å². The molecule has 0 aliphatic rings. The van der Waals surface area contributed by atoms with Crippen LogP contribution in [0.2, 0.25) is 0 Å². The highest BCUT2D eigenvalue weighted by Gasteiger charge is 2.24. The van der Waals surface area contributed by atoms with E-state index in [-0.39, 0.29) is 12.3 Å². The molecule has 5 nitrogen and oxygen atoms in total. The minimum Gasteiger partial charge on any atom is -0.392 e. The topological polar surface area (TPSA) is 76.7 Å². The fourth-order valence-electron chi connectivity index (χ4n) is 2.18. The molecule has 1 aromatic carbocycles. The van der Waals surface area contributed by atoms with E-state index in [0.29, 0.717) is 19.8 Å². The fourth-order valence-corrected chi connectivity index (χ4v) is 2.18. The van der Waals surface area contributed by atoms with Gasteiger partial charge < -0.3 is 25.6 Å². The highest BCUT2D eigenvalue weighted by molar-refractivity contribution is 5.21. The monoisotopic (exact) mass is 296 g/mol. The van der Waals surface area contributed by atoms with Crippen LogP contribution in [-0.4, -0.2) is 43.3 Å². The van der Waals surface area contributed by atoms with Crippen molar-refractivity contribution in [3.63, 3.8) is 0 Å². The van der Waals surface area contributed by atoms with Crippen LogP contribution in [0.1, 0.15) is 32.4 Å². The minimum absolute atomic E-state index is 0.158. The maximum Gasteiger partial charge on any atom is 0.169 e. The smallest absolute Gasteiger partial charge is 0.169 e. The van der Waals surface area contributed by atoms with Crippen LogP contribution in [-0.2, 0) is 9.47 Å². The maximum atomic E-state index is 9.80. The molecule has 0 fully saturated rings. The minimum atomic E-state index is -0.611. The van der Waals surface area contributed by atoms with Crippen molar-refractivity contribution >= 4 is 0 Å². The molecule has 0 amide bonds. The van der Waals surface area contributed by atoms with E-state index in [2.05, 4.69) is 5.32 Å². The normalized spacial score (nSPS) is 15.9. The quantitative estimate of drug-likeness (QED) is 0.569. The number of aliphatic hydroxyl groups excluding tert-OH is 1. The number of hydrogen-bond donors (Lipinski definition) is 3. The number of rotatable bonds is 10. The molecule has 0 aromatic heterocycles. The Morgan fingerprint density at radius 2 is 1.71 bits per heavy atom. The van der Waals surface area contributed by atoms with Crippen molar-refractivity contribution in [2.75, 3.05) is 19.8 Å². The van der Waals surface area contributed by atoms with Gasteiger partial charge in [0, 0.05) is 25.8 Å². The van der Waals surface area contributed by atoms with Gasteiger partial charge in [-0.05, 0) is 26.3 Å². The lowest BCUT2D eigenvalue weighted by atomic mass is 9.96. The van der Waals surface area contributed by atoms with Gasteiger partial charge in [-0.3, -0.25) is 0 Å². The fraction of sp³-hybridized carbons (Fsp3) is 0.625. The molecule has 0 aliphatic heterocycles. The molecule has 3 unspecified atom stereocenters. The average molecular weight is 296 g/mol. The molecule has 0 saturated carbocycles. The van der Waals surface area contributed by atoms with Crippen LogP contribution < -0.4 is 11.1 Å². The van der Waals surface area contributed by atoms with Crippen LogP contribution >= 0.6 is 0 Å². The molecule has 0 spiro atoms. The third kappa shape index (κ3) is 6.11. The number of benzene rings is 1. The van der Waals surface area contributed by atoms with Crippen molar-refractivity contribution in [2.45, 2.75) is 45.2 Å². The number of aliphatic hydroxyl groups is 1. The van der Waals surface area contributed by atoms with Crippen LogP contribution in [0, 0.1) is 0 Å². The van der Waals surface area contributed by atoms with Gasteiger partial charge in [-0.2, -0.15) is 0 Å².